The van der Waals surface area contributed by atoms with Crippen molar-refractivity contribution in [3.8, 4) is 0 Å². The molecule has 8 heteroatoms. The number of thioether (sulfide) groups is 1. The van der Waals surface area contributed by atoms with Gasteiger partial charge in [0.05, 0.1) is 6.61 Å². The summed E-state index contributed by atoms with van der Waals surface area (Å²) in [5.41, 5.74) is 0. The largest absolute Gasteiger partial charge is 0.384 e. The Balaban J connectivity index is 2.42. The van der Waals surface area contributed by atoms with Crippen molar-refractivity contribution in [2.45, 2.75) is 16.6 Å². The summed E-state index contributed by atoms with van der Waals surface area (Å²) < 4.78 is 5.72. The first-order chi connectivity index (χ1) is 7.63. The van der Waals surface area contributed by atoms with E-state index in [2.05, 4.69) is 15.5 Å². The molecule has 1 aromatic heterocycles. The second-order valence-electron chi connectivity index (χ2n) is 2.82. The zero-order valence-electron chi connectivity index (χ0n) is 8.90. The third-order valence-corrected chi connectivity index (χ3v) is 3.65. The van der Waals surface area contributed by atoms with E-state index in [9.17, 15) is 4.79 Å². The van der Waals surface area contributed by atoms with Crippen LogP contribution in [-0.4, -0.2) is 41.0 Å². The van der Waals surface area contributed by atoms with Gasteiger partial charge in [-0.1, -0.05) is 23.1 Å². The Labute approximate surface area is 107 Å². The second kappa shape index (κ2) is 7.05. The van der Waals surface area contributed by atoms with Gasteiger partial charge in [-0.25, -0.2) is 0 Å². The van der Waals surface area contributed by atoms with E-state index >= 15 is 0 Å². The maximum atomic E-state index is 11.3. The molecule has 0 aliphatic rings. The van der Waals surface area contributed by atoms with Crippen molar-refractivity contribution in [3.05, 3.63) is 0 Å². The van der Waals surface area contributed by atoms with E-state index in [0.717, 1.165) is 10.1 Å². The van der Waals surface area contributed by atoms with Crippen molar-refractivity contribution >= 4 is 45.7 Å². The third-order valence-electron chi connectivity index (χ3n) is 1.51. The number of aromatic nitrogens is 2. The molecule has 5 nitrogen and oxygen atoms in total. The van der Waals surface area contributed by atoms with Gasteiger partial charge < -0.3 is 4.74 Å². The third kappa shape index (κ3) is 4.65. The summed E-state index contributed by atoms with van der Waals surface area (Å²) in [6.45, 7) is 2.26. The predicted octanol–water partition coefficient (Wildman–Crippen LogP) is 1.84. The first-order valence-electron chi connectivity index (χ1n) is 4.53. The minimum atomic E-state index is -0.575. The van der Waals surface area contributed by atoms with Crippen molar-refractivity contribution in [1.29, 1.82) is 0 Å². The molecule has 0 saturated heterocycles. The molecule has 1 aromatic rings. The molecule has 0 fully saturated rings. The number of hydrogen-bond donors (Lipinski definition) is 1. The van der Waals surface area contributed by atoms with Gasteiger partial charge in [0.15, 0.2) is 4.34 Å². The fourth-order valence-corrected chi connectivity index (χ4v) is 2.52. The molecular weight excluding hydrogens is 270 g/mol. The fourth-order valence-electron chi connectivity index (χ4n) is 0.736. The van der Waals surface area contributed by atoms with Crippen molar-refractivity contribution < 1.29 is 9.53 Å². The van der Waals surface area contributed by atoms with Gasteiger partial charge in [0.25, 0.3) is 0 Å². The summed E-state index contributed by atoms with van der Waals surface area (Å²) >= 11 is 8.47. The molecule has 0 spiro atoms. The summed E-state index contributed by atoms with van der Waals surface area (Å²) in [6, 6.07) is 0. The SMILES string of the molecule is COCCSc1nnc(NC(=O)[C@@H](C)Cl)s1. The Morgan fingerprint density at radius 1 is 1.69 bits per heavy atom. The predicted molar refractivity (Wildman–Crippen MR) is 66.5 cm³/mol. The van der Waals surface area contributed by atoms with Gasteiger partial charge in [0.1, 0.15) is 5.38 Å². The monoisotopic (exact) mass is 281 g/mol. The number of amides is 1. The van der Waals surface area contributed by atoms with Gasteiger partial charge in [0.2, 0.25) is 11.0 Å². The summed E-state index contributed by atoms with van der Waals surface area (Å²) in [5, 5.41) is 10.2. The molecule has 0 unspecified atom stereocenters. The lowest BCUT2D eigenvalue weighted by Crippen LogP contribution is -2.20. The molecule has 1 amide bonds. The van der Waals surface area contributed by atoms with Gasteiger partial charge in [-0.15, -0.1) is 21.8 Å². The average Bonchev–Trinajstić information content (AvgIpc) is 2.66. The van der Waals surface area contributed by atoms with Gasteiger partial charge >= 0.3 is 0 Å². The van der Waals surface area contributed by atoms with E-state index in [4.69, 9.17) is 16.3 Å². The molecule has 0 aromatic carbocycles. The molecule has 1 N–H and O–H groups in total. The van der Waals surface area contributed by atoms with Crippen LogP contribution in [0.5, 0.6) is 0 Å². The molecular formula is C8H12ClN3O2S2. The lowest BCUT2D eigenvalue weighted by atomic mass is 10.4. The van der Waals surface area contributed by atoms with Crippen LogP contribution in [0.3, 0.4) is 0 Å². The standard InChI is InChI=1S/C8H12ClN3O2S2/c1-5(9)6(13)10-7-11-12-8(16-7)15-4-3-14-2/h5H,3-4H2,1-2H3,(H,10,11,13)/t5-/m1/s1. The van der Waals surface area contributed by atoms with E-state index < -0.39 is 5.38 Å². The first kappa shape index (κ1) is 13.7. The zero-order chi connectivity index (χ0) is 12.0. The van der Waals surface area contributed by atoms with Crippen LogP contribution in [0.2, 0.25) is 0 Å². The zero-order valence-corrected chi connectivity index (χ0v) is 11.3. The van der Waals surface area contributed by atoms with Gasteiger partial charge in [-0.05, 0) is 6.92 Å². The molecule has 1 heterocycles. The quantitative estimate of drug-likeness (QED) is 0.373. The number of anilines is 1. The van der Waals surface area contributed by atoms with Gasteiger partial charge in [0, 0.05) is 12.9 Å². The van der Waals surface area contributed by atoms with Crippen LogP contribution < -0.4 is 5.32 Å². The Hall–Kier alpha value is -0.370. The molecule has 1 atom stereocenters. The summed E-state index contributed by atoms with van der Waals surface area (Å²) in [7, 11) is 1.65. The van der Waals surface area contributed by atoms with E-state index in [1.807, 2.05) is 0 Å². The Bertz CT molecular complexity index is 346. The maximum absolute atomic E-state index is 11.3. The van der Waals surface area contributed by atoms with Crippen LogP contribution in [0.15, 0.2) is 4.34 Å². The molecule has 0 aliphatic heterocycles. The number of methoxy groups -OCH3 is 1. The average molecular weight is 282 g/mol. The van der Waals surface area contributed by atoms with E-state index in [1.54, 1.807) is 14.0 Å². The summed E-state index contributed by atoms with van der Waals surface area (Å²) in [4.78, 5) is 11.3. The molecule has 0 saturated carbocycles. The van der Waals surface area contributed by atoms with E-state index in [-0.39, 0.29) is 5.91 Å². The van der Waals surface area contributed by atoms with E-state index in [0.29, 0.717) is 11.7 Å². The molecule has 0 radical (unpaired) electrons. The highest BCUT2D eigenvalue weighted by Crippen LogP contribution is 2.25. The molecule has 1 rings (SSSR count). The topological polar surface area (TPSA) is 64.1 Å². The number of hydrogen-bond acceptors (Lipinski definition) is 6. The molecule has 0 aliphatic carbocycles. The number of carbonyl (C=O) groups excluding carboxylic acids is 1. The summed E-state index contributed by atoms with van der Waals surface area (Å²) in [6.07, 6.45) is 0. The normalized spacial score (nSPS) is 12.4. The Kier molecular flexibility index (Phi) is 6.04. The summed E-state index contributed by atoms with van der Waals surface area (Å²) in [5.74, 6) is 0.539. The van der Waals surface area contributed by atoms with Crippen LogP contribution in [0.25, 0.3) is 0 Å². The Morgan fingerprint density at radius 2 is 2.44 bits per heavy atom. The molecule has 16 heavy (non-hydrogen) atoms. The van der Waals surface area contributed by atoms with E-state index in [1.165, 1.54) is 23.1 Å². The van der Waals surface area contributed by atoms with Crippen molar-refractivity contribution in [2.75, 3.05) is 24.8 Å². The van der Waals surface area contributed by atoms with Gasteiger partial charge in [-0.2, -0.15) is 0 Å². The second-order valence-corrected chi connectivity index (χ2v) is 5.79. The van der Waals surface area contributed by atoms with Gasteiger partial charge in [-0.3, -0.25) is 10.1 Å². The number of ether oxygens (including phenoxy) is 1. The smallest absolute Gasteiger partial charge is 0.243 e. The minimum Gasteiger partial charge on any atom is -0.384 e. The molecule has 90 valence electrons. The first-order valence-corrected chi connectivity index (χ1v) is 6.77. The van der Waals surface area contributed by atoms with Crippen LogP contribution >= 0.6 is 34.7 Å². The van der Waals surface area contributed by atoms with Crippen molar-refractivity contribution in [2.24, 2.45) is 0 Å². The van der Waals surface area contributed by atoms with Crippen LogP contribution in [0, 0.1) is 0 Å². The number of rotatable bonds is 6. The van der Waals surface area contributed by atoms with Crippen LogP contribution in [0.4, 0.5) is 5.13 Å². The lowest BCUT2D eigenvalue weighted by molar-refractivity contribution is -0.115. The van der Waals surface area contributed by atoms with Crippen LogP contribution in [0.1, 0.15) is 6.92 Å². The highest BCUT2D eigenvalue weighted by molar-refractivity contribution is 8.01. The van der Waals surface area contributed by atoms with Crippen molar-refractivity contribution in [1.82, 2.24) is 10.2 Å². The number of alkyl halides is 1. The number of nitrogens with one attached hydrogen (secondary N) is 1. The minimum absolute atomic E-state index is 0.272. The maximum Gasteiger partial charge on any atom is 0.243 e. The molecule has 0 bridgehead atoms. The lowest BCUT2D eigenvalue weighted by Gasteiger charge is -2.00. The van der Waals surface area contributed by atoms with Crippen LogP contribution in [-0.2, 0) is 9.53 Å². The number of nitrogens with zero attached hydrogens (tertiary/aromatic N) is 2. The number of halogens is 1. The fraction of sp³-hybridized carbons (Fsp3) is 0.625. The Morgan fingerprint density at radius 3 is 3.06 bits per heavy atom. The number of carbonyl (C=O) groups is 1. The van der Waals surface area contributed by atoms with Crippen molar-refractivity contribution in [3.63, 3.8) is 0 Å². The highest BCUT2D eigenvalue weighted by Gasteiger charge is 2.12. The highest BCUT2D eigenvalue weighted by atomic mass is 35.5.